The van der Waals surface area contributed by atoms with Gasteiger partial charge in [0.25, 0.3) is 0 Å². The molecule has 0 unspecified atom stereocenters. The van der Waals surface area contributed by atoms with Gasteiger partial charge in [-0.1, -0.05) is 18.2 Å². The highest BCUT2D eigenvalue weighted by atomic mass is 16.5. The molecule has 152 valence electrons. The van der Waals surface area contributed by atoms with Crippen molar-refractivity contribution in [3.05, 3.63) is 60.2 Å². The molecule has 0 aromatic heterocycles. The van der Waals surface area contributed by atoms with Crippen molar-refractivity contribution in [3.8, 4) is 0 Å². The summed E-state index contributed by atoms with van der Waals surface area (Å²) in [6.07, 6.45) is 1.21. The molecule has 1 heterocycles. The van der Waals surface area contributed by atoms with Crippen molar-refractivity contribution < 1.29 is 19.1 Å². The van der Waals surface area contributed by atoms with Gasteiger partial charge in [0.05, 0.1) is 12.2 Å². The van der Waals surface area contributed by atoms with E-state index in [1.54, 1.807) is 36.1 Å². The van der Waals surface area contributed by atoms with E-state index in [0.29, 0.717) is 43.8 Å². The number of nitrogens with one attached hydrogen (secondary N) is 2. The number of likely N-dealkylation sites (tertiary alicyclic amines) is 1. The fourth-order valence-electron chi connectivity index (χ4n) is 3.22. The van der Waals surface area contributed by atoms with E-state index in [1.807, 2.05) is 30.3 Å². The largest absolute Gasteiger partial charge is 0.462 e. The van der Waals surface area contributed by atoms with E-state index in [0.717, 1.165) is 5.69 Å². The van der Waals surface area contributed by atoms with Crippen LogP contribution in [0.3, 0.4) is 0 Å². The molecule has 7 nitrogen and oxygen atoms in total. The molecule has 0 aliphatic carbocycles. The predicted molar refractivity (Wildman–Crippen MR) is 111 cm³/mol. The molecule has 1 saturated heterocycles. The molecule has 0 spiro atoms. The normalized spacial score (nSPS) is 14.2. The van der Waals surface area contributed by atoms with E-state index >= 15 is 0 Å². The van der Waals surface area contributed by atoms with Gasteiger partial charge in [-0.25, -0.2) is 9.59 Å². The lowest BCUT2D eigenvalue weighted by Crippen LogP contribution is -2.43. The van der Waals surface area contributed by atoms with Crippen molar-refractivity contribution in [1.29, 1.82) is 0 Å². The van der Waals surface area contributed by atoms with Gasteiger partial charge in [0.1, 0.15) is 0 Å². The molecule has 1 aliphatic rings. The Morgan fingerprint density at radius 2 is 1.55 bits per heavy atom. The van der Waals surface area contributed by atoms with Gasteiger partial charge in [0.2, 0.25) is 5.91 Å². The number of hydrogen-bond acceptors (Lipinski definition) is 4. The maximum absolute atomic E-state index is 12.5. The Morgan fingerprint density at radius 1 is 0.931 bits per heavy atom. The first-order valence-corrected chi connectivity index (χ1v) is 9.76. The van der Waals surface area contributed by atoms with Gasteiger partial charge in [-0.3, -0.25) is 4.79 Å². The fourth-order valence-corrected chi connectivity index (χ4v) is 3.22. The van der Waals surface area contributed by atoms with Crippen LogP contribution in [0.4, 0.5) is 16.2 Å². The number of rotatable bonds is 5. The first-order valence-electron chi connectivity index (χ1n) is 9.76. The van der Waals surface area contributed by atoms with Gasteiger partial charge in [-0.05, 0) is 56.2 Å². The van der Waals surface area contributed by atoms with Gasteiger partial charge >= 0.3 is 12.0 Å². The maximum atomic E-state index is 12.5. The van der Waals surface area contributed by atoms with Gasteiger partial charge in [-0.2, -0.15) is 0 Å². The summed E-state index contributed by atoms with van der Waals surface area (Å²) >= 11 is 0. The van der Waals surface area contributed by atoms with E-state index in [9.17, 15) is 14.4 Å². The Morgan fingerprint density at radius 3 is 2.17 bits per heavy atom. The molecule has 3 rings (SSSR count). The summed E-state index contributed by atoms with van der Waals surface area (Å²) in [4.78, 5) is 38.3. The summed E-state index contributed by atoms with van der Waals surface area (Å²) in [7, 11) is 0. The Hall–Kier alpha value is -3.35. The lowest BCUT2D eigenvalue weighted by molar-refractivity contribution is -0.121. The summed E-state index contributed by atoms with van der Waals surface area (Å²) in [6.45, 7) is 3.12. The van der Waals surface area contributed by atoms with Crippen molar-refractivity contribution in [2.75, 3.05) is 30.3 Å². The van der Waals surface area contributed by atoms with Crippen LogP contribution in [0.2, 0.25) is 0 Å². The molecule has 2 aromatic carbocycles. The van der Waals surface area contributed by atoms with Crippen LogP contribution < -0.4 is 10.6 Å². The molecule has 1 aliphatic heterocycles. The molecule has 3 amide bonds. The van der Waals surface area contributed by atoms with Crippen LogP contribution in [0.25, 0.3) is 0 Å². The van der Waals surface area contributed by atoms with E-state index in [-0.39, 0.29) is 23.8 Å². The zero-order valence-electron chi connectivity index (χ0n) is 16.4. The van der Waals surface area contributed by atoms with E-state index in [2.05, 4.69) is 10.6 Å². The highest BCUT2D eigenvalue weighted by Crippen LogP contribution is 2.21. The first kappa shape index (κ1) is 20.4. The van der Waals surface area contributed by atoms with Crippen LogP contribution in [0.15, 0.2) is 54.6 Å². The number of amides is 3. The molecule has 1 fully saturated rings. The lowest BCUT2D eigenvalue weighted by Gasteiger charge is -2.31. The number of carbonyl (C=O) groups is 3. The summed E-state index contributed by atoms with van der Waals surface area (Å²) in [6, 6.07) is 15.8. The summed E-state index contributed by atoms with van der Waals surface area (Å²) in [5.41, 5.74) is 1.83. The summed E-state index contributed by atoms with van der Waals surface area (Å²) < 4.78 is 4.95. The van der Waals surface area contributed by atoms with Crippen molar-refractivity contribution >= 4 is 29.3 Å². The highest BCUT2D eigenvalue weighted by Gasteiger charge is 2.27. The average molecular weight is 395 g/mol. The van der Waals surface area contributed by atoms with Gasteiger partial charge in [0.15, 0.2) is 0 Å². The monoisotopic (exact) mass is 395 g/mol. The number of hydrogen-bond donors (Lipinski definition) is 2. The standard InChI is InChI=1S/C22H25N3O4/c1-2-29-21(27)17-8-10-19(11-9-17)23-20(26)16-12-14-25(15-13-16)22(28)24-18-6-4-3-5-7-18/h3-11,16H,2,12-15H2,1H3,(H,23,26)(H,24,28). The van der Waals surface area contributed by atoms with Crippen LogP contribution in [0.5, 0.6) is 0 Å². The summed E-state index contributed by atoms with van der Waals surface area (Å²) in [5.74, 6) is -0.607. The second kappa shape index (κ2) is 9.73. The van der Waals surface area contributed by atoms with E-state index < -0.39 is 0 Å². The van der Waals surface area contributed by atoms with Crippen molar-refractivity contribution in [2.45, 2.75) is 19.8 Å². The van der Waals surface area contributed by atoms with Crippen molar-refractivity contribution in [3.63, 3.8) is 0 Å². The quantitative estimate of drug-likeness (QED) is 0.755. The number of piperidine rings is 1. The first-order chi connectivity index (χ1) is 14.1. The Balaban J connectivity index is 1.47. The minimum absolute atomic E-state index is 0.0722. The van der Waals surface area contributed by atoms with Crippen LogP contribution >= 0.6 is 0 Å². The van der Waals surface area contributed by atoms with Crippen LogP contribution in [-0.2, 0) is 9.53 Å². The Bertz CT molecular complexity index is 844. The highest BCUT2D eigenvalue weighted by molar-refractivity contribution is 5.94. The molecule has 0 atom stereocenters. The van der Waals surface area contributed by atoms with E-state index in [4.69, 9.17) is 4.74 Å². The van der Waals surface area contributed by atoms with Gasteiger partial charge in [0, 0.05) is 30.4 Å². The minimum Gasteiger partial charge on any atom is -0.462 e. The number of benzene rings is 2. The third-order valence-corrected chi connectivity index (χ3v) is 4.84. The molecule has 2 aromatic rings. The third kappa shape index (κ3) is 5.57. The maximum Gasteiger partial charge on any atom is 0.338 e. The number of ether oxygens (including phenoxy) is 1. The molecule has 0 bridgehead atoms. The molecule has 0 saturated carbocycles. The molecule has 2 N–H and O–H groups in total. The predicted octanol–water partition coefficient (Wildman–Crippen LogP) is 3.75. The van der Waals surface area contributed by atoms with Crippen molar-refractivity contribution in [2.24, 2.45) is 5.92 Å². The van der Waals surface area contributed by atoms with Crippen LogP contribution in [0.1, 0.15) is 30.1 Å². The summed E-state index contributed by atoms with van der Waals surface area (Å²) in [5, 5.41) is 5.75. The van der Waals surface area contributed by atoms with E-state index in [1.165, 1.54) is 0 Å². The Kier molecular flexibility index (Phi) is 6.84. The van der Waals surface area contributed by atoms with Gasteiger partial charge < -0.3 is 20.3 Å². The minimum atomic E-state index is -0.383. The number of anilines is 2. The number of urea groups is 1. The third-order valence-electron chi connectivity index (χ3n) is 4.84. The molecule has 29 heavy (non-hydrogen) atoms. The van der Waals surface area contributed by atoms with Crippen LogP contribution in [0, 0.1) is 5.92 Å². The number of nitrogens with zero attached hydrogens (tertiary/aromatic N) is 1. The fraction of sp³-hybridized carbons (Fsp3) is 0.318. The lowest BCUT2D eigenvalue weighted by atomic mass is 9.96. The Labute approximate surface area is 170 Å². The smallest absolute Gasteiger partial charge is 0.338 e. The van der Waals surface area contributed by atoms with Gasteiger partial charge in [-0.15, -0.1) is 0 Å². The van der Waals surface area contributed by atoms with Crippen molar-refractivity contribution in [1.82, 2.24) is 4.90 Å². The zero-order valence-corrected chi connectivity index (χ0v) is 16.4. The zero-order chi connectivity index (χ0) is 20.6. The average Bonchev–Trinajstić information content (AvgIpc) is 2.75. The second-order valence-corrected chi connectivity index (χ2v) is 6.84. The SMILES string of the molecule is CCOC(=O)c1ccc(NC(=O)C2CCN(C(=O)Nc3ccccc3)CC2)cc1. The molecular weight excluding hydrogens is 370 g/mol. The van der Waals surface area contributed by atoms with Crippen LogP contribution in [-0.4, -0.2) is 42.5 Å². The second-order valence-electron chi connectivity index (χ2n) is 6.84. The molecule has 0 radical (unpaired) electrons. The number of esters is 1. The molecular formula is C22H25N3O4. The number of para-hydroxylation sites is 1. The topological polar surface area (TPSA) is 87.7 Å². The number of carbonyl (C=O) groups excluding carboxylic acids is 3. The molecule has 7 heteroatoms.